The summed E-state index contributed by atoms with van der Waals surface area (Å²) < 4.78 is 5.67. The predicted molar refractivity (Wildman–Crippen MR) is 105 cm³/mol. The smallest absolute Gasteiger partial charge is 0.290 e. The molecule has 0 aliphatic carbocycles. The molecule has 2 saturated heterocycles. The molecule has 28 heavy (non-hydrogen) atoms. The first-order valence-corrected chi connectivity index (χ1v) is 9.44. The summed E-state index contributed by atoms with van der Waals surface area (Å²) >= 11 is 0. The van der Waals surface area contributed by atoms with Crippen LogP contribution in [0, 0.1) is 5.92 Å². The fourth-order valence-corrected chi connectivity index (χ4v) is 3.28. The van der Waals surface area contributed by atoms with Crippen molar-refractivity contribution < 1.29 is 29.3 Å². The molecular weight excluding hydrogens is 368 g/mol. The largest absolute Gasteiger partial charge is 0.483 e. The summed E-state index contributed by atoms with van der Waals surface area (Å²) in [4.78, 5) is 38.2. The number of carbonyl (C=O) groups is 3. The van der Waals surface area contributed by atoms with Crippen molar-refractivity contribution in [2.75, 3.05) is 86.7 Å². The summed E-state index contributed by atoms with van der Waals surface area (Å²) in [5.74, 6) is 0.676. The predicted octanol–water partition coefficient (Wildman–Crippen LogP) is -0.938. The van der Waals surface area contributed by atoms with Gasteiger partial charge in [0.15, 0.2) is 0 Å². The second-order valence-electron chi connectivity index (χ2n) is 7.19. The van der Waals surface area contributed by atoms with Crippen LogP contribution in [0.15, 0.2) is 0 Å². The molecule has 10 nitrogen and oxygen atoms in total. The Balaban J connectivity index is 0.00000108. The molecule has 0 radical (unpaired) electrons. The van der Waals surface area contributed by atoms with Crippen LogP contribution in [0.4, 0.5) is 0 Å². The van der Waals surface area contributed by atoms with Crippen LogP contribution < -0.4 is 0 Å². The monoisotopic (exact) mass is 404 g/mol. The molecule has 1 atom stereocenters. The van der Waals surface area contributed by atoms with Gasteiger partial charge in [0.25, 0.3) is 12.9 Å². The van der Waals surface area contributed by atoms with Gasteiger partial charge in [-0.15, -0.1) is 0 Å². The molecule has 2 rings (SSSR count). The first kappa shape index (κ1) is 26.2. The van der Waals surface area contributed by atoms with E-state index >= 15 is 0 Å². The minimum absolute atomic E-state index is 0.250. The van der Waals surface area contributed by atoms with Gasteiger partial charge >= 0.3 is 0 Å². The van der Waals surface area contributed by atoms with E-state index in [0.29, 0.717) is 19.1 Å². The number of hydrogen-bond donors (Lipinski definition) is 2. The Morgan fingerprint density at radius 2 is 1.75 bits per heavy atom. The maximum absolute atomic E-state index is 12.6. The number of nitrogens with zero attached hydrogens (tertiary/aromatic N) is 4. The van der Waals surface area contributed by atoms with E-state index in [-0.39, 0.29) is 18.9 Å². The second-order valence-corrected chi connectivity index (χ2v) is 7.19. The lowest BCUT2D eigenvalue weighted by molar-refractivity contribution is -0.133. The number of rotatable bonds is 4. The van der Waals surface area contributed by atoms with Gasteiger partial charge in [0.05, 0.1) is 19.8 Å². The Morgan fingerprint density at radius 1 is 1.11 bits per heavy atom. The molecule has 1 amide bonds. The van der Waals surface area contributed by atoms with Crippen molar-refractivity contribution in [2.24, 2.45) is 5.92 Å². The lowest BCUT2D eigenvalue weighted by Gasteiger charge is -2.28. The first-order valence-electron chi connectivity index (χ1n) is 9.44. The summed E-state index contributed by atoms with van der Waals surface area (Å²) in [5.41, 5.74) is 0. The zero-order chi connectivity index (χ0) is 21.4. The van der Waals surface area contributed by atoms with Crippen LogP contribution in [0.5, 0.6) is 0 Å². The zero-order valence-corrected chi connectivity index (χ0v) is 17.3. The van der Waals surface area contributed by atoms with Gasteiger partial charge in [0.1, 0.15) is 0 Å². The van der Waals surface area contributed by atoms with E-state index in [9.17, 15) is 4.79 Å². The standard InChI is InChI=1S/C16H32N4O2.2CH2O2/c1-17(2)11-15-12-20(9-10-22-14-15)16(21)13-19-6-4-5-18(3)7-8-19;2*2-1-3/h15H,4-14H2,1-3H3;2*1H,(H,2,3). The minimum atomic E-state index is -0.250. The van der Waals surface area contributed by atoms with Gasteiger partial charge in [-0.2, -0.15) is 0 Å². The van der Waals surface area contributed by atoms with Gasteiger partial charge in [0.2, 0.25) is 5.91 Å². The Kier molecular flexibility index (Phi) is 15.2. The molecule has 0 aromatic heterocycles. The van der Waals surface area contributed by atoms with E-state index < -0.39 is 0 Å². The molecule has 0 bridgehead atoms. The SMILES string of the molecule is CN(C)CC1COCCN(C(=O)CN2CCCN(C)CC2)C1.O=CO.O=CO. The van der Waals surface area contributed by atoms with Crippen molar-refractivity contribution in [1.29, 1.82) is 0 Å². The van der Waals surface area contributed by atoms with Crippen LogP contribution in [0.2, 0.25) is 0 Å². The summed E-state index contributed by atoms with van der Waals surface area (Å²) in [6, 6.07) is 0. The molecule has 0 aromatic rings. The maximum Gasteiger partial charge on any atom is 0.290 e. The van der Waals surface area contributed by atoms with E-state index in [1.807, 2.05) is 4.90 Å². The van der Waals surface area contributed by atoms with Gasteiger partial charge < -0.3 is 29.6 Å². The Labute approximate surface area is 167 Å². The van der Waals surface area contributed by atoms with E-state index in [0.717, 1.165) is 58.8 Å². The number of amides is 1. The Bertz CT molecular complexity index is 432. The zero-order valence-electron chi connectivity index (χ0n) is 17.3. The van der Waals surface area contributed by atoms with Crippen molar-refractivity contribution >= 4 is 18.9 Å². The molecule has 1 unspecified atom stereocenters. The summed E-state index contributed by atoms with van der Waals surface area (Å²) in [5, 5.41) is 13.8. The van der Waals surface area contributed by atoms with E-state index in [2.05, 4.69) is 35.8 Å². The van der Waals surface area contributed by atoms with E-state index in [1.54, 1.807) is 0 Å². The van der Waals surface area contributed by atoms with Crippen LogP contribution in [0.3, 0.4) is 0 Å². The highest BCUT2D eigenvalue weighted by Crippen LogP contribution is 2.10. The highest BCUT2D eigenvalue weighted by Gasteiger charge is 2.24. The highest BCUT2D eigenvalue weighted by molar-refractivity contribution is 5.78. The lowest BCUT2D eigenvalue weighted by atomic mass is 10.1. The highest BCUT2D eigenvalue weighted by atomic mass is 16.5. The number of carbonyl (C=O) groups excluding carboxylic acids is 1. The number of ether oxygens (including phenoxy) is 1. The van der Waals surface area contributed by atoms with E-state index in [1.165, 1.54) is 0 Å². The van der Waals surface area contributed by atoms with Crippen molar-refractivity contribution in [1.82, 2.24) is 19.6 Å². The Hall–Kier alpha value is -1.75. The van der Waals surface area contributed by atoms with Crippen LogP contribution in [0.25, 0.3) is 0 Å². The topological polar surface area (TPSA) is 114 Å². The van der Waals surface area contributed by atoms with Crippen LogP contribution in [-0.2, 0) is 19.1 Å². The molecule has 2 aliphatic rings. The first-order chi connectivity index (χ1) is 13.4. The normalized spacial score (nSPS) is 21.3. The fourth-order valence-electron chi connectivity index (χ4n) is 3.28. The number of likely N-dealkylation sites (N-methyl/N-ethyl adjacent to an activating group) is 1. The summed E-state index contributed by atoms with van der Waals surface area (Å²) in [6.45, 7) is 8.22. The molecule has 2 N–H and O–H groups in total. The third kappa shape index (κ3) is 12.6. The van der Waals surface area contributed by atoms with Crippen LogP contribution in [-0.4, -0.2) is 135 Å². The molecule has 2 aliphatic heterocycles. The number of hydrogen-bond acceptors (Lipinski definition) is 7. The molecule has 2 heterocycles. The molecule has 10 heteroatoms. The molecular formula is C18H36N4O6. The molecule has 164 valence electrons. The van der Waals surface area contributed by atoms with E-state index in [4.69, 9.17) is 24.5 Å². The second kappa shape index (κ2) is 16.2. The average Bonchev–Trinajstić information content (AvgIpc) is 2.97. The van der Waals surface area contributed by atoms with Gasteiger partial charge in [-0.25, -0.2) is 0 Å². The van der Waals surface area contributed by atoms with Crippen molar-refractivity contribution in [3.63, 3.8) is 0 Å². The molecule has 0 saturated carbocycles. The quantitative estimate of drug-likeness (QED) is 0.573. The minimum Gasteiger partial charge on any atom is -0.483 e. The van der Waals surface area contributed by atoms with Crippen molar-refractivity contribution in [2.45, 2.75) is 6.42 Å². The van der Waals surface area contributed by atoms with Crippen molar-refractivity contribution in [3.05, 3.63) is 0 Å². The maximum atomic E-state index is 12.6. The summed E-state index contributed by atoms with van der Waals surface area (Å²) in [6.07, 6.45) is 1.15. The number of carboxylic acid groups (broad SMARTS) is 2. The third-order valence-electron chi connectivity index (χ3n) is 4.48. The Morgan fingerprint density at radius 3 is 2.36 bits per heavy atom. The third-order valence-corrected chi connectivity index (χ3v) is 4.48. The van der Waals surface area contributed by atoms with Gasteiger partial charge in [-0.1, -0.05) is 0 Å². The fraction of sp³-hybridized carbons (Fsp3) is 0.833. The van der Waals surface area contributed by atoms with Crippen LogP contribution in [0.1, 0.15) is 6.42 Å². The molecule has 2 fully saturated rings. The van der Waals surface area contributed by atoms with Crippen molar-refractivity contribution in [3.8, 4) is 0 Å². The van der Waals surface area contributed by atoms with Gasteiger partial charge in [-0.05, 0) is 40.7 Å². The molecule has 0 spiro atoms. The van der Waals surface area contributed by atoms with Gasteiger partial charge in [0, 0.05) is 38.6 Å². The average molecular weight is 405 g/mol. The summed E-state index contributed by atoms with van der Waals surface area (Å²) in [7, 11) is 6.30. The van der Waals surface area contributed by atoms with Gasteiger partial charge in [-0.3, -0.25) is 19.3 Å². The molecule has 0 aromatic carbocycles. The van der Waals surface area contributed by atoms with Crippen LogP contribution >= 0.6 is 0 Å². The lowest BCUT2D eigenvalue weighted by Crippen LogP contribution is -2.44.